The highest BCUT2D eigenvalue weighted by atomic mass is 16.5. The molecule has 0 rings (SSSR count). The van der Waals surface area contributed by atoms with E-state index in [-0.39, 0.29) is 6.54 Å². The summed E-state index contributed by atoms with van der Waals surface area (Å²) in [6.07, 6.45) is -1.10. The highest BCUT2D eigenvalue weighted by Crippen LogP contribution is 1.89. The summed E-state index contributed by atoms with van der Waals surface area (Å²) in [6, 6.07) is -0.682. The number of aliphatic carboxylic acids is 1. The first-order valence-corrected chi connectivity index (χ1v) is 4.88. The van der Waals surface area contributed by atoms with Gasteiger partial charge in [-0.25, -0.2) is 9.59 Å². The van der Waals surface area contributed by atoms with Crippen molar-refractivity contribution < 1.29 is 29.0 Å². The summed E-state index contributed by atoms with van der Waals surface area (Å²) in [7, 11) is 1.48. The largest absolute Gasteiger partial charge is 0.479 e. The Kier molecular flexibility index (Phi) is 7.65. The Balaban J connectivity index is 3.71. The van der Waals surface area contributed by atoms with E-state index in [0.717, 1.165) is 0 Å². The van der Waals surface area contributed by atoms with E-state index < -0.39 is 30.6 Å². The Morgan fingerprint density at radius 3 is 2.53 bits per heavy atom. The Hall–Kier alpha value is -1.67. The number of hydrogen-bond donors (Lipinski definition) is 3. The van der Waals surface area contributed by atoms with Crippen LogP contribution in [-0.2, 0) is 19.1 Å². The summed E-state index contributed by atoms with van der Waals surface area (Å²) in [4.78, 5) is 32.5. The van der Waals surface area contributed by atoms with Crippen LogP contribution in [-0.4, -0.2) is 56.0 Å². The topological polar surface area (TPSA) is 114 Å². The fourth-order valence-corrected chi connectivity index (χ4v) is 0.746. The maximum absolute atomic E-state index is 11.1. The lowest BCUT2D eigenvalue weighted by Crippen LogP contribution is -2.42. The van der Waals surface area contributed by atoms with Crippen LogP contribution in [0.15, 0.2) is 0 Å². The SMILES string of the molecule is COCCNC(=O)NC(=O)CO[C@@H](C)C(=O)O. The number of hydrogen-bond acceptors (Lipinski definition) is 5. The molecule has 8 nitrogen and oxygen atoms in total. The van der Waals surface area contributed by atoms with E-state index >= 15 is 0 Å². The molecule has 0 aromatic rings. The van der Waals surface area contributed by atoms with Crippen LogP contribution < -0.4 is 10.6 Å². The molecule has 3 amide bonds. The minimum absolute atomic E-state index is 0.266. The first kappa shape index (κ1) is 15.3. The Morgan fingerprint density at radius 1 is 1.35 bits per heavy atom. The van der Waals surface area contributed by atoms with Crippen molar-refractivity contribution in [1.29, 1.82) is 0 Å². The van der Waals surface area contributed by atoms with Gasteiger partial charge in [-0.05, 0) is 6.92 Å². The van der Waals surface area contributed by atoms with E-state index in [1.165, 1.54) is 14.0 Å². The second kappa shape index (κ2) is 8.48. The van der Waals surface area contributed by atoms with E-state index in [1.54, 1.807) is 0 Å². The molecule has 8 heteroatoms. The van der Waals surface area contributed by atoms with Crippen LogP contribution in [0.25, 0.3) is 0 Å². The first-order valence-electron chi connectivity index (χ1n) is 4.88. The zero-order valence-electron chi connectivity index (χ0n) is 9.69. The number of nitrogens with one attached hydrogen (secondary N) is 2. The number of carbonyl (C=O) groups is 3. The third-order valence-corrected chi connectivity index (χ3v) is 1.66. The molecule has 98 valence electrons. The van der Waals surface area contributed by atoms with Gasteiger partial charge < -0.3 is 19.9 Å². The molecule has 0 aromatic carbocycles. The van der Waals surface area contributed by atoms with Gasteiger partial charge in [0, 0.05) is 13.7 Å². The molecule has 0 radical (unpaired) electrons. The molecule has 0 unspecified atom stereocenters. The first-order chi connectivity index (χ1) is 7.97. The predicted octanol–water partition coefficient (Wildman–Crippen LogP) is -1.05. The molecule has 3 N–H and O–H groups in total. The fraction of sp³-hybridized carbons (Fsp3) is 0.667. The van der Waals surface area contributed by atoms with Gasteiger partial charge in [0.05, 0.1) is 6.61 Å². The quantitative estimate of drug-likeness (QED) is 0.495. The molecule has 1 atom stereocenters. The third-order valence-electron chi connectivity index (χ3n) is 1.66. The monoisotopic (exact) mass is 248 g/mol. The van der Waals surface area contributed by atoms with Gasteiger partial charge >= 0.3 is 12.0 Å². The van der Waals surface area contributed by atoms with Crippen LogP contribution in [0.3, 0.4) is 0 Å². The zero-order chi connectivity index (χ0) is 13.3. The van der Waals surface area contributed by atoms with Crippen molar-refractivity contribution in [3.05, 3.63) is 0 Å². The fourth-order valence-electron chi connectivity index (χ4n) is 0.746. The summed E-state index contributed by atoms with van der Waals surface area (Å²) in [6.45, 7) is 1.38. The molecular formula is C9H16N2O6. The maximum Gasteiger partial charge on any atom is 0.332 e. The lowest BCUT2D eigenvalue weighted by Gasteiger charge is -2.09. The number of carbonyl (C=O) groups excluding carboxylic acids is 2. The molecule has 0 aliphatic rings. The van der Waals surface area contributed by atoms with Gasteiger partial charge in [-0.2, -0.15) is 0 Å². The predicted molar refractivity (Wildman–Crippen MR) is 56.5 cm³/mol. The van der Waals surface area contributed by atoms with Gasteiger partial charge in [0.1, 0.15) is 6.61 Å². The molecule has 0 bridgehead atoms. The van der Waals surface area contributed by atoms with Gasteiger partial charge in [-0.3, -0.25) is 10.1 Å². The number of carboxylic acids is 1. The lowest BCUT2D eigenvalue weighted by atomic mass is 10.4. The van der Waals surface area contributed by atoms with Crippen LogP contribution in [0, 0.1) is 0 Å². The van der Waals surface area contributed by atoms with Crippen molar-refractivity contribution in [3.8, 4) is 0 Å². The normalized spacial score (nSPS) is 11.6. The summed E-state index contributed by atoms with van der Waals surface area (Å²) in [5.41, 5.74) is 0. The summed E-state index contributed by atoms with van der Waals surface area (Å²) >= 11 is 0. The number of ether oxygens (including phenoxy) is 2. The third kappa shape index (κ3) is 8.17. The molecule has 0 heterocycles. The van der Waals surface area contributed by atoms with Crippen LogP contribution in [0.2, 0.25) is 0 Å². The highest BCUT2D eigenvalue weighted by Gasteiger charge is 2.14. The van der Waals surface area contributed by atoms with Crippen LogP contribution >= 0.6 is 0 Å². The average molecular weight is 248 g/mol. The Labute approximate surface area is 98.3 Å². The minimum Gasteiger partial charge on any atom is -0.479 e. The second-order valence-electron chi connectivity index (χ2n) is 3.09. The minimum atomic E-state index is -1.18. The van der Waals surface area contributed by atoms with E-state index in [4.69, 9.17) is 5.11 Å². The Morgan fingerprint density at radius 2 is 2.00 bits per heavy atom. The molecule has 0 saturated heterocycles. The second-order valence-corrected chi connectivity index (χ2v) is 3.09. The Bertz CT molecular complexity index is 281. The van der Waals surface area contributed by atoms with E-state index in [2.05, 4.69) is 14.8 Å². The van der Waals surface area contributed by atoms with Gasteiger partial charge in [0.25, 0.3) is 5.91 Å². The number of rotatable bonds is 7. The standard InChI is InChI=1S/C9H16N2O6/c1-6(8(13)14)17-5-7(12)11-9(15)10-3-4-16-2/h6H,3-5H2,1-2H3,(H,13,14)(H2,10,11,12,15)/t6-/m0/s1. The summed E-state index contributed by atoms with van der Waals surface area (Å²) in [5.74, 6) is -1.89. The van der Waals surface area contributed by atoms with Crippen molar-refractivity contribution in [2.24, 2.45) is 0 Å². The lowest BCUT2D eigenvalue weighted by molar-refractivity contribution is -0.150. The van der Waals surface area contributed by atoms with Crippen molar-refractivity contribution in [2.45, 2.75) is 13.0 Å². The van der Waals surface area contributed by atoms with Gasteiger partial charge in [-0.1, -0.05) is 0 Å². The molecule has 0 saturated carbocycles. The van der Waals surface area contributed by atoms with Crippen molar-refractivity contribution >= 4 is 17.9 Å². The molecular weight excluding hydrogens is 232 g/mol. The molecule has 0 aliphatic heterocycles. The van der Waals surface area contributed by atoms with Crippen molar-refractivity contribution in [2.75, 3.05) is 26.9 Å². The van der Waals surface area contributed by atoms with Gasteiger partial charge in [0.2, 0.25) is 0 Å². The molecule has 0 aromatic heterocycles. The van der Waals surface area contributed by atoms with Gasteiger partial charge in [-0.15, -0.1) is 0 Å². The van der Waals surface area contributed by atoms with Crippen LogP contribution in [0.1, 0.15) is 6.92 Å². The zero-order valence-corrected chi connectivity index (χ0v) is 9.69. The highest BCUT2D eigenvalue weighted by molar-refractivity contribution is 5.94. The smallest absolute Gasteiger partial charge is 0.332 e. The number of urea groups is 1. The van der Waals surface area contributed by atoms with Crippen molar-refractivity contribution in [1.82, 2.24) is 10.6 Å². The number of carboxylic acid groups (broad SMARTS) is 1. The van der Waals surface area contributed by atoms with Gasteiger partial charge in [0.15, 0.2) is 6.10 Å². The summed E-state index contributed by atoms with van der Waals surface area (Å²) < 4.78 is 9.36. The molecule has 17 heavy (non-hydrogen) atoms. The van der Waals surface area contributed by atoms with Crippen LogP contribution in [0.4, 0.5) is 4.79 Å². The molecule has 0 spiro atoms. The average Bonchev–Trinajstić information content (AvgIpc) is 2.26. The van der Waals surface area contributed by atoms with E-state index in [9.17, 15) is 14.4 Å². The number of imide groups is 1. The summed E-state index contributed by atoms with van der Waals surface area (Å²) in [5, 5.41) is 12.8. The van der Waals surface area contributed by atoms with E-state index in [1.807, 2.05) is 5.32 Å². The van der Waals surface area contributed by atoms with Crippen molar-refractivity contribution in [3.63, 3.8) is 0 Å². The molecule has 0 aliphatic carbocycles. The molecule has 0 fully saturated rings. The maximum atomic E-state index is 11.1. The number of methoxy groups -OCH3 is 1. The van der Waals surface area contributed by atoms with Crippen LogP contribution in [0.5, 0.6) is 0 Å². The van der Waals surface area contributed by atoms with E-state index in [0.29, 0.717) is 6.61 Å². The number of amides is 3.